The maximum Gasteiger partial charge on any atom is 0.182 e. The molecule has 0 bridgehead atoms. The number of likely N-dealkylation sites (tertiary alicyclic amines) is 1. The topological polar surface area (TPSA) is 74.6 Å². The van der Waals surface area contributed by atoms with E-state index in [0.717, 1.165) is 36.7 Å². The van der Waals surface area contributed by atoms with Crippen LogP contribution in [0, 0.1) is 0 Å². The summed E-state index contributed by atoms with van der Waals surface area (Å²) in [5.41, 5.74) is 3.19. The lowest BCUT2D eigenvalue weighted by atomic mass is 9.94. The van der Waals surface area contributed by atoms with E-state index in [1.54, 1.807) is 11.8 Å². The van der Waals surface area contributed by atoms with E-state index in [9.17, 15) is 5.11 Å². The SMILES string of the molecule is COCCN1CC(NC(O)Nc2cc(-c3ccccc3)nn2C)C(c2ccccc2)C1. The Balaban J connectivity index is 1.44. The van der Waals surface area contributed by atoms with E-state index < -0.39 is 6.35 Å². The van der Waals surface area contributed by atoms with Crippen LogP contribution in [0.2, 0.25) is 0 Å². The van der Waals surface area contributed by atoms with Crippen molar-refractivity contribution in [3.05, 3.63) is 72.3 Å². The fourth-order valence-electron chi connectivity index (χ4n) is 4.23. The summed E-state index contributed by atoms with van der Waals surface area (Å²) in [6, 6.07) is 22.6. The molecule has 0 radical (unpaired) electrons. The number of rotatable bonds is 9. The van der Waals surface area contributed by atoms with Crippen LogP contribution >= 0.6 is 0 Å². The third-order valence-electron chi connectivity index (χ3n) is 5.84. The third kappa shape index (κ3) is 5.32. The van der Waals surface area contributed by atoms with Crippen LogP contribution in [-0.4, -0.2) is 65.5 Å². The number of ether oxygens (including phenoxy) is 1. The molecule has 0 spiro atoms. The Morgan fingerprint density at radius 2 is 1.81 bits per heavy atom. The van der Waals surface area contributed by atoms with Crippen molar-refractivity contribution in [3.63, 3.8) is 0 Å². The van der Waals surface area contributed by atoms with E-state index in [0.29, 0.717) is 12.5 Å². The molecule has 4 rings (SSSR count). The zero-order valence-electron chi connectivity index (χ0n) is 18.1. The minimum atomic E-state index is -0.891. The van der Waals surface area contributed by atoms with E-state index in [1.165, 1.54) is 5.56 Å². The first-order valence-corrected chi connectivity index (χ1v) is 10.7. The zero-order valence-corrected chi connectivity index (χ0v) is 18.1. The first kappa shape index (κ1) is 21.5. The van der Waals surface area contributed by atoms with Crippen molar-refractivity contribution in [2.45, 2.75) is 18.3 Å². The molecule has 2 aromatic carbocycles. The summed E-state index contributed by atoms with van der Waals surface area (Å²) >= 11 is 0. The number of aromatic nitrogens is 2. The van der Waals surface area contributed by atoms with Gasteiger partial charge in [0.15, 0.2) is 6.35 Å². The molecule has 3 unspecified atom stereocenters. The highest BCUT2D eigenvalue weighted by Crippen LogP contribution is 2.28. The van der Waals surface area contributed by atoms with Gasteiger partial charge in [-0.1, -0.05) is 60.7 Å². The number of nitrogens with zero attached hydrogens (tertiary/aromatic N) is 3. The predicted octanol–water partition coefficient (Wildman–Crippen LogP) is 2.48. The number of aliphatic hydroxyl groups excluding tert-OH is 1. The van der Waals surface area contributed by atoms with Gasteiger partial charge in [0.05, 0.1) is 12.3 Å². The summed E-state index contributed by atoms with van der Waals surface area (Å²) < 4.78 is 7.01. The van der Waals surface area contributed by atoms with Gasteiger partial charge in [0, 0.05) is 57.4 Å². The molecule has 0 aliphatic carbocycles. The first-order chi connectivity index (χ1) is 15.1. The summed E-state index contributed by atoms with van der Waals surface area (Å²) in [6.45, 7) is 3.36. The molecule has 1 saturated heterocycles. The molecule has 1 aliphatic rings. The molecule has 1 aliphatic heterocycles. The molecule has 0 saturated carbocycles. The lowest BCUT2D eigenvalue weighted by Crippen LogP contribution is -2.46. The van der Waals surface area contributed by atoms with Gasteiger partial charge in [0.1, 0.15) is 5.82 Å². The standard InChI is InChI=1S/C24H31N5O2/c1-28-23(15-21(27-28)19-11-7-4-8-12-19)26-24(30)25-22-17-29(13-14-31-2)16-20(22)18-9-5-3-6-10-18/h3-12,15,20,22,24-26,30H,13-14,16-17H2,1-2H3. The van der Waals surface area contributed by atoms with Crippen molar-refractivity contribution in [3.8, 4) is 11.3 Å². The Morgan fingerprint density at radius 3 is 2.52 bits per heavy atom. The lowest BCUT2D eigenvalue weighted by Gasteiger charge is -2.24. The fourth-order valence-corrected chi connectivity index (χ4v) is 4.23. The quantitative estimate of drug-likeness (QED) is 0.461. The molecule has 164 valence electrons. The van der Waals surface area contributed by atoms with Gasteiger partial charge in [-0.15, -0.1) is 0 Å². The van der Waals surface area contributed by atoms with Gasteiger partial charge < -0.3 is 15.2 Å². The van der Waals surface area contributed by atoms with Crippen LogP contribution in [-0.2, 0) is 11.8 Å². The number of benzene rings is 2. The summed E-state index contributed by atoms with van der Waals surface area (Å²) in [5.74, 6) is 1.05. The van der Waals surface area contributed by atoms with Crippen LogP contribution in [0.3, 0.4) is 0 Å². The van der Waals surface area contributed by atoms with Crippen molar-refractivity contribution in [2.24, 2.45) is 7.05 Å². The van der Waals surface area contributed by atoms with Gasteiger partial charge in [-0.3, -0.25) is 14.9 Å². The smallest absolute Gasteiger partial charge is 0.182 e. The maximum atomic E-state index is 10.8. The number of aryl methyl sites for hydroxylation is 1. The summed E-state index contributed by atoms with van der Waals surface area (Å²) in [4.78, 5) is 2.38. The molecule has 3 N–H and O–H groups in total. The number of nitrogens with one attached hydrogen (secondary N) is 2. The number of hydrogen-bond donors (Lipinski definition) is 3. The fraction of sp³-hybridized carbons (Fsp3) is 0.375. The second-order valence-corrected chi connectivity index (χ2v) is 7.99. The van der Waals surface area contributed by atoms with Gasteiger partial charge in [-0.05, 0) is 5.56 Å². The van der Waals surface area contributed by atoms with Gasteiger partial charge in [0.25, 0.3) is 0 Å². The van der Waals surface area contributed by atoms with E-state index >= 15 is 0 Å². The van der Waals surface area contributed by atoms with Crippen molar-refractivity contribution >= 4 is 5.82 Å². The molecular formula is C24H31N5O2. The maximum absolute atomic E-state index is 10.8. The van der Waals surface area contributed by atoms with Gasteiger partial charge in [-0.2, -0.15) is 5.10 Å². The number of anilines is 1. The van der Waals surface area contributed by atoms with Crippen LogP contribution in [0.5, 0.6) is 0 Å². The van der Waals surface area contributed by atoms with E-state index in [4.69, 9.17) is 4.74 Å². The molecule has 1 aromatic heterocycles. The van der Waals surface area contributed by atoms with Crippen LogP contribution in [0.4, 0.5) is 5.82 Å². The second-order valence-electron chi connectivity index (χ2n) is 7.99. The highest BCUT2D eigenvalue weighted by Gasteiger charge is 2.34. The molecule has 7 heteroatoms. The molecule has 2 heterocycles. The monoisotopic (exact) mass is 421 g/mol. The van der Waals surface area contributed by atoms with Crippen LogP contribution in [0.1, 0.15) is 11.5 Å². The van der Waals surface area contributed by atoms with Crippen molar-refractivity contribution in [1.29, 1.82) is 0 Å². The average molecular weight is 422 g/mol. The number of aliphatic hydroxyl groups is 1. The van der Waals surface area contributed by atoms with Crippen LogP contribution < -0.4 is 10.6 Å². The molecule has 1 fully saturated rings. The highest BCUT2D eigenvalue weighted by atomic mass is 16.5. The first-order valence-electron chi connectivity index (χ1n) is 10.7. The lowest BCUT2D eigenvalue weighted by molar-refractivity contribution is 0.139. The summed E-state index contributed by atoms with van der Waals surface area (Å²) in [5, 5.41) is 21.9. The highest BCUT2D eigenvalue weighted by molar-refractivity contribution is 5.62. The second kappa shape index (κ2) is 10.1. The molecule has 31 heavy (non-hydrogen) atoms. The Kier molecular flexibility index (Phi) is 6.99. The van der Waals surface area contributed by atoms with Gasteiger partial charge in [0.2, 0.25) is 0 Å². The Labute approximate surface area is 183 Å². The molecule has 7 nitrogen and oxygen atoms in total. The largest absolute Gasteiger partial charge is 0.383 e. The molecule has 3 aromatic rings. The minimum absolute atomic E-state index is 0.114. The molecule has 0 amide bonds. The van der Waals surface area contributed by atoms with Gasteiger partial charge in [-0.25, -0.2) is 0 Å². The minimum Gasteiger partial charge on any atom is -0.383 e. The van der Waals surface area contributed by atoms with Crippen LogP contribution in [0.15, 0.2) is 66.7 Å². The van der Waals surface area contributed by atoms with Crippen molar-refractivity contribution < 1.29 is 9.84 Å². The average Bonchev–Trinajstić information content (AvgIpc) is 3.36. The summed E-state index contributed by atoms with van der Waals surface area (Å²) in [7, 11) is 3.60. The van der Waals surface area contributed by atoms with E-state index in [2.05, 4.69) is 44.9 Å². The van der Waals surface area contributed by atoms with Crippen molar-refractivity contribution in [2.75, 3.05) is 38.7 Å². The Bertz CT molecular complexity index is 947. The summed E-state index contributed by atoms with van der Waals surface area (Å²) in [6.07, 6.45) is -0.891. The normalized spacial score (nSPS) is 20.1. The van der Waals surface area contributed by atoms with Crippen molar-refractivity contribution in [1.82, 2.24) is 20.0 Å². The zero-order chi connectivity index (χ0) is 21.6. The number of hydrogen-bond acceptors (Lipinski definition) is 6. The van der Waals surface area contributed by atoms with Crippen LogP contribution in [0.25, 0.3) is 11.3 Å². The predicted molar refractivity (Wildman–Crippen MR) is 123 cm³/mol. The third-order valence-corrected chi connectivity index (χ3v) is 5.84. The van der Waals surface area contributed by atoms with E-state index in [1.807, 2.05) is 49.5 Å². The number of methoxy groups -OCH3 is 1. The molecule has 3 atom stereocenters. The molecular weight excluding hydrogens is 390 g/mol. The Hall–Kier alpha value is -2.71. The Morgan fingerprint density at radius 1 is 1.10 bits per heavy atom. The van der Waals surface area contributed by atoms with E-state index in [-0.39, 0.29) is 6.04 Å². The van der Waals surface area contributed by atoms with Gasteiger partial charge >= 0.3 is 0 Å².